The molecule has 0 amide bonds. The number of hydrogen-bond donors (Lipinski definition) is 5. The molecule has 0 aliphatic heterocycles. The van der Waals surface area contributed by atoms with Gasteiger partial charge in [0.2, 0.25) is 12.1 Å². The second kappa shape index (κ2) is 33.4. The summed E-state index contributed by atoms with van der Waals surface area (Å²) in [4.78, 5) is 45.0. The maximum atomic E-state index is 11.5. The standard InChI is InChI=1S/2C14H16N2O3.C9H14O4.C3H8O.CH3F.H3N/c1-11(18)13-9-16(7-8-17)15-14(13)19-10-12-5-3-2-4-6-12;1-11(18)13-9-15-16(7-8-17)14(13)19-10-12-5-3-2-4-6-12;1-4-12-6-8(7(3)10)9(11)13-5-2;1-2-3-4;1-2;/h2*2-6,9,17H,7-8,10H2,1H3;6H,4-5H2,1-3H3;4H,2-3H2,1H3;1H3;1H3/p+1/b;;8-6-;;;/i;;;;1D;. The molecule has 2 aromatic heterocycles. The van der Waals surface area contributed by atoms with Crippen molar-refractivity contribution >= 4 is 23.3 Å². The smallest absolute Gasteiger partial charge is 0.344 e. The van der Waals surface area contributed by atoms with Gasteiger partial charge in [-0.1, -0.05) is 67.6 Å². The summed E-state index contributed by atoms with van der Waals surface area (Å²) in [5.41, 5.74) is 2.91. The number of carbonyl (C=O) groups is 4. The van der Waals surface area contributed by atoms with Crippen molar-refractivity contribution in [1.82, 2.24) is 21.0 Å². The zero-order chi connectivity index (χ0) is 43.7. The Labute approximate surface area is 341 Å². The van der Waals surface area contributed by atoms with Gasteiger partial charge in [0, 0.05) is 6.61 Å². The van der Waals surface area contributed by atoms with Gasteiger partial charge in [0.15, 0.2) is 23.9 Å². The molecule has 16 nitrogen and oxygen atoms in total. The van der Waals surface area contributed by atoms with Gasteiger partial charge in [0.1, 0.15) is 37.2 Å². The maximum absolute atomic E-state index is 11.5. The number of aromatic amines is 1. The van der Waals surface area contributed by atoms with Crippen LogP contribution in [-0.4, -0.2) is 93.7 Å². The third-order valence-electron chi connectivity index (χ3n) is 6.89. The van der Waals surface area contributed by atoms with Gasteiger partial charge in [-0.15, -0.1) is 9.78 Å². The van der Waals surface area contributed by atoms with Gasteiger partial charge in [-0.2, -0.15) is 5.10 Å². The Bertz CT molecular complexity index is 1760. The van der Waals surface area contributed by atoms with E-state index in [2.05, 4.69) is 14.9 Å². The highest BCUT2D eigenvalue weighted by atomic mass is 19.1. The highest BCUT2D eigenvalue weighted by molar-refractivity contribution is 6.16. The van der Waals surface area contributed by atoms with Crippen LogP contribution in [0.2, 0.25) is 0 Å². The van der Waals surface area contributed by atoms with E-state index in [9.17, 15) is 23.6 Å². The monoisotopic (exact) mass is 819 g/mol. The topological polar surface area (TPSA) is 238 Å². The number of Topliss-reactive ketones (excluding diaryl/α,β-unsaturated/α-hetero) is 3. The molecule has 17 heteroatoms. The number of rotatable bonds is 18. The second-order valence-corrected chi connectivity index (χ2v) is 11.4. The van der Waals surface area contributed by atoms with Gasteiger partial charge in [0.25, 0.3) is 5.88 Å². The molecule has 0 fully saturated rings. The van der Waals surface area contributed by atoms with Gasteiger partial charge in [0.05, 0.1) is 46.7 Å². The van der Waals surface area contributed by atoms with Crippen LogP contribution in [0.1, 0.15) is 81.2 Å². The van der Waals surface area contributed by atoms with Crippen LogP contribution < -0.4 is 20.3 Å². The minimum atomic E-state index is -1.00. The molecule has 2 aromatic carbocycles. The Morgan fingerprint density at radius 3 is 1.81 bits per heavy atom. The Kier molecular flexibility index (Phi) is 30.1. The van der Waals surface area contributed by atoms with Crippen molar-refractivity contribution in [3.8, 4) is 11.8 Å². The van der Waals surface area contributed by atoms with Crippen molar-refractivity contribution in [3.63, 3.8) is 0 Å². The summed E-state index contributed by atoms with van der Waals surface area (Å²) in [6, 6.07) is 19.4. The molecule has 0 unspecified atom stereocenters. The van der Waals surface area contributed by atoms with Crippen LogP contribution in [0.5, 0.6) is 11.8 Å². The van der Waals surface area contributed by atoms with Gasteiger partial charge < -0.3 is 40.4 Å². The number of aliphatic hydroxyl groups is 3. The van der Waals surface area contributed by atoms with E-state index in [0.29, 0.717) is 62.4 Å². The van der Waals surface area contributed by atoms with E-state index in [-0.39, 0.29) is 48.9 Å². The molecule has 0 saturated heterocycles. The largest absolute Gasteiger partial charge is 0.500 e. The number of aromatic nitrogens is 4. The van der Waals surface area contributed by atoms with Gasteiger partial charge in [-0.3, -0.25) is 18.8 Å². The van der Waals surface area contributed by atoms with Crippen LogP contribution >= 0.6 is 0 Å². The number of halogens is 1. The molecule has 0 aliphatic rings. The Hall–Kier alpha value is -5.75. The molecule has 322 valence electrons. The van der Waals surface area contributed by atoms with Gasteiger partial charge >= 0.3 is 5.97 Å². The number of H-pyrrole nitrogens is 1. The van der Waals surface area contributed by atoms with Gasteiger partial charge in [-0.25, -0.2) is 9.48 Å². The number of nitrogens with zero attached hydrogens (tertiary/aromatic N) is 3. The molecule has 0 atom stereocenters. The Morgan fingerprint density at radius 1 is 0.845 bits per heavy atom. The summed E-state index contributed by atoms with van der Waals surface area (Å²) < 4.78 is 39.4. The Morgan fingerprint density at radius 2 is 1.38 bits per heavy atom. The normalized spacial score (nSPS) is 10.1. The summed E-state index contributed by atoms with van der Waals surface area (Å²) in [6.07, 6.45) is 5.14. The van der Waals surface area contributed by atoms with Crippen LogP contribution in [0.3, 0.4) is 0 Å². The number of ketones is 3. The molecule has 2 heterocycles. The average Bonchev–Trinajstić information content (AvgIpc) is 3.82. The van der Waals surface area contributed by atoms with E-state index in [1.165, 1.54) is 31.6 Å². The van der Waals surface area contributed by atoms with E-state index in [1.807, 2.05) is 67.6 Å². The van der Waals surface area contributed by atoms with Crippen LogP contribution in [0.4, 0.5) is 4.39 Å². The molecular formula is C41H61FN5O11+. The first-order valence-electron chi connectivity index (χ1n) is 18.8. The quantitative estimate of drug-likeness (QED) is 0.0171. The van der Waals surface area contributed by atoms with E-state index in [0.717, 1.165) is 23.8 Å². The molecule has 0 aliphatic carbocycles. The zero-order valence-electron chi connectivity index (χ0n) is 35.3. The fourth-order valence-corrected chi connectivity index (χ4v) is 4.15. The lowest BCUT2D eigenvalue weighted by molar-refractivity contribution is -0.751. The van der Waals surface area contributed by atoms with E-state index < -0.39 is 13.1 Å². The molecule has 4 aromatic rings. The van der Waals surface area contributed by atoms with Crippen molar-refractivity contribution < 1.29 is 63.9 Å². The minimum Gasteiger partial charge on any atom is -0.500 e. The number of hydrogen-bond acceptors (Lipinski definition) is 13. The van der Waals surface area contributed by atoms with E-state index in [1.54, 1.807) is 24.7 Å². The zero-order valence-corrected chi connectivity index (χ0v) is 34.3. The summed E-state index contributed by atoms with van der Waals surface area (Å²) >= 11 is 0. The first-order chi connectivity index (χ1) is 27.9. The lowest BCUT2D eigenvalue weighted by atomic mass is 10.2. The number of aliphatic hydroxyl groups excluding tert-OH is 3. The SMILES string of the molecule is CC(=O)c1c[n+](CCO)[nH]c1OCc1ccccc1.CC(=O)c1cnn(CCO)c1OCc1ccccc1.CCCO.CCO/C=C(/C(C)=O)C(=O)OCC.N.[2H]CF. The molecule has 0 spiro atoms. The Balaban J connectivity index is 0. The van der Waals surface area contributed by atoms with Crippen molar-refractivity contribution in [2.75, 3.05) is 40.2 Å². The number of alkyl halides is 1. The molecule has 4 rings (SSSR count). The van der Waals surface area contributed by atoms with Crippen LogP contribution in [0.25, 0.3) is 0 Å². The van der Waals surface area contributed by atoms with E-state index in [4.69, 9.17) is 30.9 Å². The predicted octanol–water partition coefficient (Wildman–Crippen LogP) is 4.93. The van der Waals surface area contributed by atoms with E-state index >= 15 is 0 Å². The van der Waals surface area contributed by atoms with Gasteiger partial charge in [-0.05, 0) is 52.2 Å². The summed E-state index contributed by atoms with van der Waals surface area (Å²) in [5, 5.41) is 32.7. The summed E-state index contributed by atoms with van der Waals surface area (Å²) in [6.45, 7) is 12.0. The van der Waals surface area contributed by atoms with Crippen LogP contribution in [-0.2, 0) is 45.4 Å². The molecule has 0 radical (unpaired) electrons. The van der Waals surface area contributed by atoms with Crippen molar-refractivity contribution in [3.05, 3.63) is 107 Å². The number of benzene rings is 2. The molecular weight excluding hydrogens is 757 g/mol. The molecule has 0 bridgehead atoms. The maximum Gasteiger partial charge on any atom is 0.344 e. The molecule has 58 heavy (non-hydrogen) atoms. The van der Waals surface area contributed by atoms with Crippen LogP contribution in [0.15, 0.2) is 84.9 Å². The third-order valence-corrected chi connectivity index (χ3v) is 6.89. The average molecular weight is 820 g/mol. The number of carbonyl (C=O) groups excluding carboxylic acids is 4. The highest BCUT2D eigenvalue weighted by Gasteiger charge is 2.20. The molecule has 7 N–H and O–H groups in total. The fraction of sp³-hybridized carbons (Fsp3) is 0.415. The predicted molar refractivity (Wildman–Crippen MR) is 215 cm³/mol. The number of esters is 1. The number of ether oxygens (including phenoxy) is 4. The number of nitrogens with one attached hydrogen (secondary N) is 1. The third kappa shape index (κ3) is 21.5. The minimum absolute atomic E-state index is 0. The summed E-state index contributed by atoms with van der Waals surface area (Å²) in [5.74, 6) is -0.325. The van der Waals surface area contributed by atoms with Crippen LogP contribution in [0, 0.1) is 0 Å². The second-order valence-electron chi connectivity index (χ2n) is 11.4. The molecule has 0 saturated carbocycles. The first-order valence-corrected chi connectivity index (χ1v) is 18.1. The van der Waals surface area contributed by atoms with Crippen molar-refractivity contribution in [1.29, 1.82) is 0 Å². The summed E-state index contributed by atoms with van der Waals surface area (Å²) in [7, 11) is -1.00. The van der Waals surface area contributed by atoms with Crippen molar-refractivity contribution in [2.24, 2.45) is 0 Å². The van der Waals surface area contributed by atoms with Crippen molar-refractivity contribution in [2.45, 2.75) is 74.3 Å². The first kappa shape index (κ1) is 52.2. The lowest BCUT2D eigenvalue weighted by Crippen LogP contribution is -2.36. The highest BCUT2D eigenvalue weighted by Crippen LogP contribution is 2.20. The fourth-order valence-electron chi connectivity index (χ4n) is 4.15. The lowest BCUT2D eigenvalue weighted by Gasteiger charge is -2.09.